The van der Waals surface area contributed by atoms with Gasteiger partial charge in [0.2, 0.25) is 5.95 Å². The van der Waals surface area contributed by atoms with E-state index in [1.807, 2.05) is 12.4 Å². The average molecular weight is 209 g/mol. The van der Waals surface area contributed by atoms with Crippen molar-refractivity contribution in [1.29, 1.82) is 0 Å². The van der Waals surface area contributed by atoms with Crippen molar-refractivity contribution >= 4 is 5.95 Å². The van der Waals surface area contributed by atoms with Gasteiger partial charge in [0.15, 0.2) is 0 Å². The van der Waals surface area contributed by atoms with Gasteiger partial charge >= 0.3 is 0 Å². The first-order valence-electron chi connectivity index (χ1n) is 5.64. The topological polar surface area (TPSA) is 39.1 Å². The normalized spacial score (nSPS) is 16.3. The molecule has 84 valence electrons. The molecule has 1 aliphatic rings. The van der Waals surface area contributed by atoms with Crippen LogP contribution in [-0.2, 0) is 11.3 Å². The molecule has 0 unspecified atom stereocenters. The molecule has 0 spiro atoms. The molecule has 1 fully saturated rings. The summed E-state index contributed by atoms with van der Waals surface area (Å²) in [6, 6.07) is 0. The molecule has 4 nitrogen and oxygen atoms in total. The third-order valence-electron chi connectivity index (χ3n) is 3.03. The Kier molecular flexibility index (Phi) is 3.61. The molecule has 0 aromatic carbocycles. The molecule has 1 saturated carbocycles. The van der Waals surface area contributed by atoms with Crippen molar-refractivity contribution < 1.29 is 4.74 Å². The quantitative estimate of drug-likeness (QED) is 0.775. The van der Waals surface area contributed by atoms with Crippen LogP contribution in [0.4, 0.5) is 5.95 Å². The van der Waals surface area contributed by atoms with Gasteiger partial charge in [-0.25, -0.2) is 4.98 Å². The zero-order valence-electron chi connectivity index (χ0n) is 9.28. The fourth-order valence-electron chi connectivity index (χ4n) is 1.78. The molecule has 0 aliphatic heterocycles. The lowest BCUT2D eigenvalue weighted by Gasteiger charge is -2.25. The fourth-order valence-corrected chi connectivity index (χ4v) is 1.78. The van der Waals surface area contributed by atoms with E-state index in [2.05, 4.69) is 14.9 Å². The van der Waals surface area contributed by atoms with Gasteiger partial charge in [0, 0.05) is 32.6 Å². The average Bonchev–Trinajstić information content (AvgIpc) is 2.60. The zero-order chi connectivity index (χ0) is 10.5. The molecule has 1 aromatic heterocycles. The number of ether oxygens (including phenoxy) is 1. The number of nitrogens with one attached hydrogen (secondary N) is 1. The Morgan fingerprint density at radius 1 is 1.60 bits per heavy atom. The number of methoxy groups -OCH3 is 1. The zero-order valence-corrected chi connectivity index (χ0v) is 9.28. The second-order valence-corrected chi connectivity index (χ2v) is 4.11. The number of imidazole rings is 1. The number of hydrogen-bond acceptors (Lipinski definition) is 3. The van der Waals surface area contributed by atoms with Crippen LogP contribution < -0.4 is 5.32 Å². The van der Waals surface area contributed by atoms with E-state index in [0.717, 1.165) is 31.6 Å². The highest BCUT2D eigenvalue weighted by Gasteiger charge is 2.17. The Morgan fingerprint density at radius 2 is 2.47 bits per heavy atom. The summed E-state index contributed by atoms with van der Waals surface area (Å²) in [5.74, 6) is 1.83. The molecular weight excluding hydrogens is 190 g/mol. The highest BCUT2D eigenvalue weighted by Crippen LogP contribution is 2.26. The van der Waals surface area contributed by atoms with Crippen molar-refractivity contribution in [3.8, 4) is 0 Å². The number of hydrogen-bond donors (Lipinski definition) is 1. The van der Waals surface area contributed by atoms with E-state index in [0.29, 0.717) is 0 Å². The van der Waals surface area contributed by atoms with Crippen LogP contribution in [0.2, 0.25) is 0 Å². The van der Waals surface area contributed by atoms with E-state index in [1.54, 1.807) is 7.11 Å². The molecule has 0 bridgehead atoms. The lowest BCUT2D eigenvalue weighted by atomic mass is 9.85. The third-order valence-corrected chi connectivity index (χ3v) is 3.03. The molecule has 0 saturated heterocycles. The van der Waals surface area contributed by atoms with E-state index in [-0.39, 0.29) is 0 Å². The minimum atomic E-state index is 0.731. The molecule has 1 aromatic rings. The van der Waals surface area contributed by atoms with Crippen molar-refractivity contribution in [2.45, 2.75) is 25.8 Å². The maximum absolute atomic E-state index is 5.05. The Hall–Kier alpha value is -1.03. The van der Waals surface area contributed by atoms with Crippen molar-refractivity contribution in [2.75, 3.05) is 25.6 Å². The summed E-state index contributed by atoms with van der Waals surface area (Å²) in [6.45, 7) is 2.65. The lowest BCUT2D eigenvalue weighted by molar-refractivity contribution is 0.187. The molecule has 1 N–H and O–H groups in total. The number of nitrogens with zero attached hydrogens (tertiary/aromatic N) is 2. The SMILES string of the molecule is COCCn1ccnc1NCC1CCC1. The minimum Gasteiger partial charge on any atom is -0.383 e. The van der Waals surface area contributed by atoms with Gasteiger partial charge in [-0.2, -0.15) is 0 Å². The van der Waals surface area contributed by atoms with E-state index in [1.165, 1.54) is 19.3 Å². The van der Waals surface area contributed by atoms with Crippen molar-refractivity contribution in [1.82, 2.24) is 9.55 Å². The summed E-state index contributed by atoms with van der Waals surface area (Å²) in [5.41, 5.74) is 0. The first-order valence-corrected chi connectivity index (χ1v) is 5.64. The van der Waals surface area contributed by atoms with Crippen LogP contribution in [0, 0.1) is 5.92 Å². The molecule has 1 heterocycles. The van der Waals surface area contributed by atoms with Crippen LogP contribution in [0.15, 0.2) is 12.4 Å². The van der Waals surface area contributed by atoms with Crippen molar-refractivity contribution in [2.24, 2.45) is 5.92 Å². The summed E-state index contributed by atoms with van der Waals surface area (Å²) >= 11 is 0. The maximum atomic E-state index is 5.05. The monoisotopic (exact) mass is 209 g/mol. The Morgan fingerprint density at radius 3 is 3.13 bits per heavy atom. The predicted octanol–water partition coefficient (Wildman–Crippen LogP) is 1.74. The van der Waals surface area contributed by atoms with Gasteiger partial charge in [0.1, 0.15) is 0 Å². The molecule has 2 rings (SSSR count). The molecule has 0 atom stereocenters. The Balaban J connectivity index is 1.80. The van der Waals surface area contributed by atoms with Gasteiger partial charge in [0.05, 0.1) is 6.61 Å². The maximum Gasteiger partial charge on any atom is 0.202 e. The smallest absolute Gasteiger partial charge is 0.202 e. The summed E-state index contributed by atoms with van der Waals surface area (Å²) in [4.78, 5) is 4.30. The van der Waals surface area contributed by atoms with Crippen LogP contribution in [0.1, 0.15) is 19.3 Å². The Labute approximate surface area is 90.6 Å². The number of aromatic nitrogens is 2. The fraction of sp³-hybridized carbons (Fsp3) is 0.727. The highest BCUT2D eigenvalue weighted by atomic mass is 16.5. The summed E-state index contributed by atoms with van der Waals surface area (Å²) in [6.07, 6.45) is 7.95. The van der Waals surface area contributed by atoms with Crippen molar-refractivity contribution in [3.05, 3.63) is 12.4 Å². The summed E-state index contributed by atoms with van der Waals surface area (Å²) in [7, 11) is 1.72. The second-order valence-electron chi connectivity index (χ2n) is 4.11. The van der Waals surface area contributed by atoms with Gasteiger partial charge in [-0.15, -0.1) is 0 Å². The van der Waals surface area contributed by atoms with Crippen LogP contribution in [0.5, 0.6) is 0 Å². The number of anilines is 1. The van der Waals surface area contributed by atoms with E-state index >= 15 is 0 Å². The largest absolute Gasteiger partial charge is 0.383 e. The first kappa shape index (κ1) is 10.5. The predicted molar refractivity (Wildman–Crippen MR) is 59.9 cm³/mol. The van der Waals surface area contributed by atoms with Gasteiger partial charge in [0.25, 0.3) is 0 Å². The number of rotatable bonds is 6. The molecular formula is C11H19N3O. The molecule has 0 radical (unpaired) electrons. The van der Waals surface area contributed by atoms with Gasteiger partial charge in [-0.1, -0.05) is 6.42 Å². The molecule has 15 heavy (non-hydrogen) atoms. The van der Waals surface area contributed by atoms with Crippen molar-refractivity contribution in [3.63, 3.8) is 0 Å². The Bertz CT molecular complexity index is 294. The second kappa shape index (κ2) is 5.16. The van der Waals surface area contributed by atoms with Crippen LogP contribution in [0.3, 0.4) is 0 Å². The van der Waals surface area contributed by atoms with Gasteiger partial charge < -0.3 is 14.6 Å². The van der Waals surface area contributed by atoms with Crippen LogP contribution in [-0.4, -0.2) is 29.8 Å². The van der Waals surface area contributed by atoms with Gasteiger partial charge in [-0.3, -0.25) is 0 Å². The summed E-state index contributed by atoms with van der Waals surface area (Å²) in [5, 5.41) is 3.40. The van der Waals surface area contributed by atoms with Crippen LogP contribution >= 0.6 is 0 Å². The standard InChI is InChI=1S/C11H19N3O/c1-15-8-7-14-6-5-12-11(14)13-9-10-3-2-4-10/h5-6,10H,2-4,7-9H2,1H3,(H,12,13). The van der Waals surface area contributed by atoms with E-state index in [4.69, 9.17) is 4.74 Å². The highest BCUT2D eigenvalue weighted by molar-refractivity contribution is 5.25. The third kappa shape index (κ3) is 2.72. The first-order chi connectivity index (χ1) is 7.40. The lowest BCUT2D eigenvalue weighted by Crippen LogP contribution is -2.22. The molecule has 4 heteroatoms. The van der Waals surface area contributed by atoms with Crippen LogP contribution in [0.25, 0.3) is 0 Å². The summed E-state index contributed by atoms with van der Waals surface area (Å²) < 4.78 is 7.15. The molecule has 1 aliphatic carbocycles. The molecule has 0 amide bonds. The minimum absolute atomic E-state index is 0.731. The van der Waals surface area contributed by atoms with Gasteiger partial charge in [-0.05, 0) is 18.8 Å². The van der Waals surface area contributed by atoms with E-state index < -0.39 is 0 Å². The van der Waals surface area contributed by atoms with E-state index in [9.17, 15) is 0 Å².